The Bertz CT molecular complexity index is 733. The molecule has 0 aromatic heterocycles. The maximum atomic E-state index is 12.4. The predicted molar refractivity (Wildman–Crippen MR) is 106 cm³/mol. The number of carbonyl (C=O) groups is 1. The molecule has 0 atom stereocenters. The fraction of sp³-hybridized carbons (Fsp3) is 0.381. The fourth-order valence-electron chi connectivity index (χ4n) is 3.38. The van der Waals surface area contributed by atoms with Gasteiger partial charge in [0.2, 0.25) is 5.91 Å². The van der Waals surface area contributed by atoms with E-state index >= 15 is 0 Å². The van der Waals surface area contributed by atoms with Gasteiger partial charge in [-0.3, -0.25) is 4.79 Å². The first-order chi connectivity index (χ1) is 12.0. The molecule has 2 aromatic rings. The van der Waals surface area contributed by atoms with E-state index in [0.29, 0.717) is 6.54 Å². The van der Waals surface area contributed by atoms with Gasteiger partial charge in [-0.1, -0.05) is 12.1 Å². The summed E-state index contributed by atoms with van der Waals surface area (Å²) in [6.07, 6.45) is 2.53. The van der Waals surface area contributed by atoms with Crippen LogP contribution in [0, 0.1) is 13.8 Å². The van der Waals surface area contributed by atoms with Crippen LogP contribution in [-0.4, -0.2) is 32.6 Å². The molecule has 0 aliphatic carbocycles. The zero-order valence-corrected chi connectivity index (χ0v) is 15.4. The SMILES string of the molecule is Cc1cccc(N(C)CC(=O)Nc2ccc(N3CCCC3)cc2)c1C. The highest BCUT2D eigenvalue weighted by atomic mass is 16.2. The molecule has 0 radical (unpaired) electrons. The molecule has 1 aliphatic rings. The number of nitrogens with zero attached hydrogens (tertiary/aromatic N) is 2. The molecule has 0 saturated carbocycles. The molecule has 0 bridgehead atoms. The molecule has 25 heavy (non-hydrogen) atoms. The molecule has 4 nitrogen and oxygen atoms in total. The van der Waals surface area contributed by atoms with Gasteiger partial charge >= 0.3 is 0 Å². The average molecular weight is 337 g/mol. The minimum absolute atomic E-state index is 0.00247. The summed E-state index contributed by atoms with van der Waals surface area (Å²) < 4.78 is 0. The maximum absolute atomic E-state index is 12.4. The number of aryl methyl sites for hydroxylation is 1. The monoisotopic (exact) mass is 337 g/mol. The van der Waals surface area contributed by atoms with Crippen LogP contribution in [0.3, 0.4) is 0 Å². The summed E-state index contributed by atoms with van der Waals surface area (Å²) >= 11 is 0. The highest BCUT2D eigenvalue weighted by molar-refractivity contribution is 5.94. The molecule has 1 heterocycles. The van der Waals surface area contributed by atoms with Gasteiger partial charge in [-0.15, -0.1) is 0 Å². The molecule has 4 heteroatoms. The quantitative estimate of drug-likeness (QED) is 0.896. The summed E-state index contributed by atoms with van der Waals surface area (Å²) in [5.41, 5.74) is 5.64. The van der Waals surface area contributed by atoms with E-state index in [9.17, 15) is 4.79 Å². The zero-order chi connectivity index (χ0) is 17.8. The molecule has 1 amide bonds. The average Bonchev–Trinajstić information content (AvgIpc) is 3.12. The van der Waals surface area contributed by atoms with E-state index in [0.717, 1.165) is 24.5 Å². The van der Waals surface area contributed by atoms with Crippen LogP contribution in [0.5, 0.6) is 0 Å². The standard InChI is InChI=1S/C21H27N3O/c1-16-7-6-8-20(17(16)2)23(3)15-21(25)22-18-9-11-19(12-10-18)24-13-4-5-14-24/h6-12H,4-5,13-15H2,1-3H3,(H,22,25). The predicted octanol–water partition coefficient (Wildman–Crippen LogP) is 3.98. The third-order valence-corrected chi connectivity index (χ3v) is 4.99. The van der Waals surface area contributed by atoms with Gasteiger partial charge in [0, 0.05) is 37.2 Å². The van der Waals surface area contributed by atoms with Crippen molar-refractivity contribution < 1.29 is 4.79 Å². The molecule has 0 spiro atoms. The molecule has 1 aliphatic heterocycles. The number of hydrogen-bond donors (Lipinski definition) is 1. The van der Waals surface area contributed by atoms with E-state index < -0.39 is 0 Å². The van der Waals surface area contributed by atoms with Crippen LogP contribution in [-0.2, 0) is 4.79 Å². The Morgan fingerprint density at radius 2 is 1.76 bits per heavy atom. The van der Waals surface area contributed by atoms with E-state index in [-0.39, 0.29) is 5.91 Å². The first kappa shape index (κ1) is 17.3. The van der Waals surface area contributed by atoms with E-state index in [1.165, 1.54) is 29.7 Å². The van der Waals surface area contributed by atoms with Crippen molar-refractivity contribution in [2.75, 3.05) is 41.8 Å². The number of nitrogens with one attached hydrogen (secondary N) is 1. The van der Waals surface area contributed by atoms with E-state index in [4.69, 9.17) is 0 Å². The Labute approximate surface area is 150 Å². The van der Waals surface area contributed by atoms with Crippen LogP contribution in [0.15, 0.2) is 42.5 Å². The molecular weight excluding hydrogens is 310 g/mol. The van der Waals surface area contributed by atoms with Crippen LogP contribution in [0.25, 0.3) is 0 Å². The van der Waals surface area contributed by atoms with Gasteiger partial charge < -0.3 is 15.1 Å². The molecule has 3 rings (SSSR count). The third kappa shape index (κ3) is 4.13. The zero-order valence-electron chi connectivity index (χ0n) is 15.4. The summed E-state index contributed by atoms with van der Waals surface area (Å²) in [6, 6.07) is 14.3. The Kier molecular flexibility index (Phi) is 5.27. The number of anilines is 3. The lowest BCUT2D eigenvalue weighted by Crippen LogP contribution is -2.30. The molecule has 1 fully saturated rings. The van der Waals surface area contributed by atoms with Crippen molar-refractivity contribution in [3.8, 4) is 0 Å². The molecule has 132 valence electrons. The highest BCUT2D eigenvalue weighted by Crippen LogP contribution is 2.23. The van der Waals surface area contributed by atoms with Gasteiger partial charge in [0.05, 0.1) is 6.54 Å². The van der Waals surface area contributed by atoms with Crippen molar-refractivity contribution >= 4 is 23.0 Å². The molecular formula is C21H27N3O. The van der Waals surface area contributed by atoms with Crippen molar-refractivity contribution in [1.82, 2.24) is 0 Å². The van der Waals surface area contributed by atoms with Crippen LogP contribution < -0.4 is 15.1 Å². The minimum Gasteiger partial charge on any atom is -0.372 e. The van der Waals surface area contributed by atoms with Crippen molar-refractivity contribution in [3.63, 3.8) is 0 Å². The van der Waals surface area contributed by atoms with Crippen molar-refractivity contribution in [2.24, 2.45) is 0 Å². The normalized spacial score (nSPS) is 13.8. The number of amides is 1. The lowest BCUT2D eigenvalue weighted by molar-refractivity contribution is -0.114. The number of benzene rings is 2. The first-order valence-corrected chi connectivity index (χ1v) is 8.97. The van der Waals surface area contributed by atoms with Crippen molar-refractivity contribution in [1.29, 1.82) is 0 Å². The van der Waals surface area contributed by atoms with Crippen molar-refractivity contribution in [3.05, 3.63) is 53.6 Å². The molecule has 0 unspecified atom stereocenters. The summed E-state index contributed by atoms with van der Waals surface area (Å²) in [6.45, 7) is 6.78. The van der Waals surface area contributed by atoms with Gasteiger partial charge in [-0.05, 0) is 68.1 Å². The van der Waals surface area contributed by atoms with Gasteiger partial charge in [-0.2, -0.15) is 0 Å². The summed E-state index contributed by atoms with van der Waals surface area (Å²) in [7, 11) is 1.96. The summed E-state index contributed by atoms with van der Waals surface area (Å²) in [5.74, 6) is -0.00247. The Morgan fingerprint density at radius 1 is 1.08 bits per heavy atom. The van der Waals surface area contributed by atoms with Gasteiger partial charge in [0.15, 0.2) is 0 Å². The van der Waals surface area contributed by atoms with Gasteiger partial charge in [0.1, 0.15) is 0 Å². The molecule has 1 saturated heterocycles. The van der Waals surface area contributed by atoms with Crippen molar-refractivity contribution in [2.45, 2.75) is 26.7 Å². The summed E-state index contributed by atoms with van der Waals surface area (Å²) in [4.78, 5) is 16.8. The Morgan fingerprint density at radius 3 is 2.44 bits per heavy atom. The number of likely N-dealkylation sites (N-methyl/N-ethyl adjacent to an activating group) is 1. The van der Waals surface area contributed by atoms with Crippen LogP contribution >= 0.6 is 0 Å². The second-order valence-electron chi connectivity index (χ2n) is 6.86. The van der Waals surface area contributed by atoms with Gasteiger partial charge in [-0.25, -0.2) is 0 Å². The Balaban J connectivity index is 1.59. The topological polar surface area (TPSA) is 35.6 Å². The smallest absolute Gasteiger partial charge is 0.243 e. The Hall–Kier alpha value is -2.49. The second-order valence-corrected chi connectivity index (χ2v) is 6.86. The van der Waals surface area contributed by atoms with E-state index in [1.54, 1.807) is 0 Å². The summed E-state index contributed by atoms with van der Waals surface area (Å²) in [5, 5.41) is 3.00. The molecule has 2 aromatic carbocycles. The lowest BCUT2D eigenvalue weighted by atomic mass is 10.1. The second kappa shape index (κ2) is 7.60. The number of rotatable bonds is 5. The van der Waals surface area contributed by atoms with Crippen LogP contribution in [0.1, 0.15) is 24.0 Å². The third-order valence-electron chi connectivity index (χ3n) is 4.99. The highest BCUT2D eigenvalue weighted by Gasteiger charge is 2.13. The first-order valence-electron chi connectivity index (χ1n) is 8.97. The van der Waals surface area contributed by atoms with Gasteiger partial charge in [0.25, 0.3) is 0 Å². The molecule has 1 N–H and O–H groups in total. The van der Waals surface area contributed by atoms with E-state index in [1.807, 2.05) is 30.1 Å². The van der Waals surface area contributed by atoms with Crippen LogP contribution in [0.4, 0.5) is 17.1 Å². The largest absolute Gasteiger partial charge is 0.372 e. The van der Waals surface area contributed by atoms with E-state index in [2.05, 4.69) is 48.3 Å². The lowest BCUT2D eigenvalue weighted by Gasteiger charge is -2.22. The fourth-order valence-corrected chi connectivity index (χ4v) is 3.38. The number of hydrogen-bond acceptors (Lipinski definition) is 3. The van der Waals surface area contributed by atoms with Crippen LogP contribution in [0.2, 0.25) is 0 Å². The maximum Gasteiger partial charge on any atom is 0.243 e. The minimum atomic E-state index is -0.00247. The number of carbonyl (C=O) groups excluding carboxylic acids is 1.